The first-order valence-electron chi connectivity index (χ1n) is 11.8. The van der Waals surface area contributed by atoms with Crippen LogP contribution in [0.4, 0.5) is 8.78 Å². The van der Waals surface area contributed by atoms with Gasteiger partial charge in [-0.25, -0.2) is 13.6 Å². The van der Waals surface area contributed by atoms with Crippen molar-refractivity contribution in [2.45, 2.75) is 13.8 Å². The Morgan fingerprint density at radius 2 is 1.46 bits per heavy atom. The second-order valence-electron chi connectivity index (χ2n) is 8.16. The first kappa shape index (κ1) is 28.2. The number of nitrogens with zero attached hydrogens (tertiary/aromatic N) is 1. The molecule has 0 atom stereocenters. The number of hydrogen-bond acceptors (Lipinski definition) is 9. The third kappa shape index (κ3) is 9.19. The van der Waals surface area contributed by atoms with Gasteiger partial charge in [0.2, 0.25) is 11.6 Å². The van der Waals surface area contributed by atoms with Crippen molar-refractivity contribution in [1.29, 1.82) is 0 Å². The molecule has 9 nitrogen and oxygen atoms in total. The van der Waals surface area contributed by atoms with Gasteiger partial charge >= 0.3 is 11.6 Å². The Balaban J connectivity index is 1.32. The summed E-state index contributed by atoms with van der Waals surface area (Å²) in [7, 11) is 0. The van der Waals surface area contributed by atoms with E-state index in [-0.39, 0.29) is 54.4 Å². The maximum Gasteiger partial charge on any atom is 0.345 e. The van der Waals surface area contributed by atoms with Crippen LogP contribution in [0.15, 0.2) is 45.6 Å². The van der Waals surface area contributed by atoms with Crippen LogP contribution >= 0.6 is 0 Å². The molecule has 0 bridgehead atoms. The third-order valence-corrected chi connectivity index (χ3v) is 4.91. The Hall–Kier alpha value is -3.41. The van der Waals surface area contributed by atoms with E-state index in [4.69, 9.17) is 28.1 Å². The summed E-state index contributed by atoms with van der Waals surface area (Å²) >= 11 is 0. The molecular formula is C26H29F2NO8. The molecule has 0 fully saturated rings. The van der Waals surface area contributed by atoms with Gasteiger partial charge in [0.15, 0.2) is 0 Å². The SMILES string of the molecule is CC(C)C(=O)OCCOCCOCCOCCOc1ccc2cc(-c3cc(F)cc(F)c3)c(=O)oc2n1. The van der Waals surface area contributed by atoms with Crippen LogP contribution in [-0.4, -0.2) is 63.8 Å². The molecule has 2 heterocycles. The molecule has 2 aromatic heterocycles. The van der Waals surface area contributed by atoms with Gasteiger partial charge in [0.25, 0.3) is 0 Å². The Morgan fingerprint density at radius 3 is 2.08 bits per heavy atom. The predicted molar refractivity (Wildman–Crippen MR) is 129 cm³/mol. The maximum atomic E-state index is 13.5. The molecule has 0 N–H and O–H groups in total. The van der Waals surface area contributed by atoms with Gasteiger partial charge in [0.05, 0.1) is 51.1 Å². The fourth-order valence-electron chi connectivity index (χ4n) is 3.09. The lowest BCUT2D eigenvalue weighted by molar-refractivity contribution is -0.149. The summed E-state index contributed by atoms with van der Waals surface area (Å²) in [4.78, 5) is 27.8. The molecule has 0 unspecified atom stereocenters. The summed E-state index contributed by atoms with van der Waals surface area (Å²) in [5, 5.41) is 0.473. The number of esters is 1. The van der Waals surface area contributed by atoms with Crippen molar-refractivity contribution in [3.05, 3.63) is 58.5 Å². The van der Waals surface area contributed by atoms with Gasteiger partial charge in [-0.2, -0.15) is 4.98 Å². The molecule has 0 radical (unpaired) electrons. The van der Waals surface area contributed by atoms with E-state index in [1.54, 1.807) is 26.0 Å². The summed E-state index contributed by atoms with van der Waals surface area (Å²) in [5.41, 5.74) is -0.634. The second-order valence-corrected chi connectivity index (χ2v) is 8.16. The summed E-state index contributed by atoms with van der Waals surface area (Å²) in [5.74, 6) is -1.76. The topological polar surface area (TPSA) is 106 Å². The second kappa shape index (κ2) is 14.4. The highest BCUT2D eigenvalue weighted by Crippen LogP contribution is 2.23. The van der Waals surface area contributed by atoms with Crippen molar-refractivity contribution in [2.24, 2.45) is 5.92 Å². The van der Waals surface area contributed by atoms with Gasteiger partial charge in [0.1, 0.15) is 24.8 Å². The molecule has 0 spiro atoms. The Labute approximate surface area is 212 Å². The Kier molecular flexibility index (Phi) is 10.9. The molecule has 11 heteroatoms. The van der Waals surface area contributed by atoms with Gasteiger partial charge in [-0.05, 0) is 29.8 Å². The average molecular weight is 522 g/mol. The quantitative estimate of drug-likeness (QED) is 0.218. The minimum atomic E-state index is -0.794. The number of halogens is 2. The molecule has 1 aromatic carbocycles. The first-order valence-corrected chi connectivity index (χ1v) is 11.8. The van der Waals surface area contributed by atoms with Crippen LogP contribution in [0.1, 0.15) is 13.8 Å². The van der Waals surface area contributed by atoms with Crippen molar-refractivity contribution in [2.75, 3.05) is 52.9 Å². The summed E-state index contributed by atoms with van der Waals surface area (Å²) < 4.78 is 58.9. The highest BCUT2D eigenvalue weighted by atomic mass is 19.1. The zero-order valence-corrected chi connectivity index (χ0v) is 20.7. The molecule has 3 rings (SSSR count). The van der Waals surface area contributed by atoms with Crippen molar-refractivity contribution in [1.82, 2.24) is 4.98 Å². The first-order chi connectivity index (χ1) is 17.8. The molecule has 0 saturated carbocycles. The van der Waals surface area contributed by atoms with E-state index in [1.165, 1.54) is 6.07 Å². The summed E-state index contributed by atoms with van der Waals surface area (Å²) in [6, 6.07) is 7.51. The molecule has 0 saturated heterocycles. The number of ether oxygens (including phenoxy) is 5. The van der Waals surface area contributed by atoms with E-state index in [0.29, 0.717) is 38.4 Å². The van der Waals surface area contributed by atoms with Crippen molar-refractivity contribution >= 4 is 17.1 Å². The number of rotatable bonds is 15. The molecule has 200 valence electrons. The van der Waals surface area contributed by atoms with Crippen LogP contribution in [0.3, 0.4) is 0 Å². The van der Waals surface area contributed by atoms with E-state index in [9.17, 15) is 18.4 Å². The van der Waals surface area contributed by atoms with Crippen LogP contribution in [0.5, 0.6) is 5.88 Å². The lowest BCUT2D eigenvalue weighted by Gasteiger charge is -2.09. The molecule has 0 aliphatic rings. The number of fused-ring (bicyclic) bond motifs is 1. The fourth-order valence-corrected chi connectivity index (χ4v) is 3.09. The molecule has 37 heavy (non-hydrogen) atoms. The number of carbonyl (C=O) groups is 1. The van der Waals surface area contributed by atoms with Crippen molar-refractivity contribution in [3.63, 3.8) is 0 Å². The number of aromatic nitrogens is 1. The monoisotopic (exact) mass is 521 g/mol. The van der Waals surface area contributed by atoms with Crippen LogP contribution in [-0.2, 0) is 23.7 Å². The lowest BCUT2D eigenvalue weighted by atomic mass is 10.1. The van der Waals surface area contributed by atoms with Crippen molar-refractivity contribution < 1.29 is 41.7 Å². The minimum Gasteiger partial charge on any atom is -0.475 e. The van der Waals surface area contributed by atoms with Crippen LogP contribution in [0.2, 0.25) is 0 Å². The zero-order valence-electron chi connectivity index (χ0n) is 20.7. The van der Waals surface area contributed by atoms with E-state index in [1.807, 2.05) is 0 Å². The largest absolute Gasteiger partial charge is 0.475 e. The van der Waals surface area contributed by atoms with Gasteiger partial charge in [-0.15, -0.1) is 0 Å². The highest BCUT2D eigenvalue weighted by molar-refractivity contribution is 5.79. The molecule has 0 amide bonds. The molecule has 0 aliphatic heterocycles. The van der Waals surface area contributed by atoms with E-state index in [0.717, 1.165) is 18.2 Å². The number of benzene rings is 1. The van der Waals surface area contributed by atoms with E-state index in [2.05, 4.69) is 4.98 Å². The van der Waals surface area contributed by atoms with E-state index < -0.39 is 17.3 Å². The highest BCUT2D eigenvalue weighted by Gasteiger charge is 2.12. The predicted octanol–water partition coefficient (Wildman–Crippen LogP) is 3.76. The average Bonchev–Trinajstić information content (AvgIpc) is 2.85. The van der Waals surface area contributed by atoms with Gasteiger partial charge in [-0.1, -0.05) is 13.8 Å². The third-order valence-electron chi connectivity index (χ3n) is 4.91. The molecule has 3 aromatic rings. The van der Waals surface area contributed by atoms with Gasteiger partial charge in [0, 0.05) is 17.5 Å². The molecule has 0 aliphatic carbocycles. The smallest absolute Gasteiger partial charge is 0.345 e. The normalized spacial score (nSPS) is 11.3. The number of carbonyl (C=O) groups excluding carboxylic acids is 1. The number of hydrogen-bond donors (Lipinski definition) is 0. The van der Waals surface area contributed by atoms with Crippen LogP contribution in [0, 0.1) is 17.6 Å². The van der Waals surface area contributed by atoms with Gasteiger partial charge < -0.3 is 28.1 Å². The molecular weight excluding hydrogens is 492 g/mol. The lowest BCUT2D eigenvalue weighted by Crippen LogP contribution is -2.17. The summed E-state index contributed by atoms with van der Waals surface area (Å²) in [6.07, 6.45) is 0. The van der Waals surface area contributed by atoms with Crippen LogP contribution < -0.4 is 10.4 Å². The maximum absolute atomic E-state index is 13.5. The van der Waals surface area contributed by atoms with Gasteiger partial charge in [-0.3, -0.25) is 4.79 Å². The zero-order chi connectivity index (χ0) is 26.6. The fraction of sp³-hybridized carbons (Fsp3) is 0.423. The number of pyridine rings is 1. The Morgan fingerprint density at radius 1 is 0.865 bits per heavy atom. The summed E-state index contributed by atoms with van der Waals surface area (Å²) in [6.45, 7) is 6.07. The standard InChI is InChI=1S/C26H29F2NO8/c1-17(2)25(30)36-12-10-34-8-6-32-5-7-33-9-11-35-23-4-3-18-15-22(26(31)37-24(18)29-23)19-13-20(27)16-21(28)14-19/h3-4,13-17H,5-12H2,1-2H3. The van der Waals surface area contributed by atoms with Crippen LogP contribution in [0.25, 0.3) is 22.2 Å². The van der Waals surface area contributed by atoms with E-state index >= 15 is 0 Å². The minimum absolute atomic E-state index is 0.0238. The van der Waals surface area contributed by atoms with Crippen molar-refractivity contribution in [3.8, 4) is 17.0 Å². The Bertz CT molecular complexity index is 1210.